The summed E-state index contributed by atoms with van der Waals surface area (Å²) in [7, 11) is -2.58. The maximum atomic E-state index is 13.0. The summed E-state index contributed by atoms with van der Waals surface area (Å²) < 4.78 is 51.0. The molecule has 1 N–H and O–H groups in total. The zero-order valence-corrected chi connectivity index (χ0v) is 18.0. The summed E-state index contributed by atoms with van der Waals surface area (Å²) in [6.07, 6.45) is 3.16. The maximum Gasteiger partial charge on any atom is 0.278 e. The van der Waals surface area contributed by atoms with Gasteiger partial charge in [0.15, 0.2) is 11.4 Å². The summed E-state index contributed by atoms with van der Waals surface area (Å²) in [6, 6.07) is 8.01. The van der Waals surface area contributed by atoms with Crippen LogP contribution in [0.1, 0.15) is 12.0 Å². The van der Waals surface area contributed by atoms with Gasteiger partial charge < -0.3 is 18.7 Å². The quantitative estimate of drug-likeness (QED) is 0.456. The third-order valence-corrected chi connectivity index (χ3v) is 6.82. The fourth-order valence-corrected chi connectivity index (χ4v) is 5.12. The number of hydrogen-bond acceptors (Lipinski definition) is 9. The second-order valence-corrected chi connectivity index (χ2v) is 9.20. The van der Waals surface area contributed by atoms with Crippen LogP contribution in [-0.2, 0) is 16.4 Å². The van der Waals surface area contributed by atoms with E-state index in [1.165, 1.54) is 24.5 Å². The van der Waals surface area contributed by atoms with Gasteiger partial charge in [0.1, 0.15) is 27.5 Å². The highest BCUT2D eigenvalue weighted by Crippen LogP contribution is 2.45. The predicted octanol–water partition coefficient (Wildman–Crippen LogP) is 4.21. The Bertz CT molecular complexity index is 1350. The van der Waals surface area contributed by atoms with Crippen LogP contribution in [0.5, 0.6) is 22.4 Å². The van der Waals surface area contributed by atoms with Gasteiger partial charge in [-0.15, -0.1) is 0 Å². The Morgan fingerprint density at radius 1 is 1.23 bits per heavy atom. The van der Waals surface area contributed by atoms with Crippen molar-refractivity contribution in [3.63, 3.8) is 0 Å². The number of fused-ring (bicyclic) bond motifs is 3. The van der Waals surface area contributed by atoms with Crippen LogP contribution in [0.15, 0.2) is 51.3 Å². The second kappa shape index (κ2) is 7.75. The van der Waals surface area contributed by atoms with Crippen molar-refractivity contribution < 1.29 is 27.2 Å². The Morgan fingerprint density at radius 3 is 2.90 bits per heavy atom. The molecule has 0 saturated carbocycles. The molecular weight excluding hydrogens is 442 g/mol. The first-order valence-electron chi connectivity index (χ1n) is 9.38. The molecule has 0 bridgehead atoms. The number of sulfonamides is 1. The molecule has 0 amide bonds. The lowest BCUT2D eigenvalue weighted by Gasteiger charge is -2.20. The Balaban J connectivity index is 1.59. The molecule has 1 aliphatic heterocycles. The number of rotatable bonds is 6. The lowest BCUT2D eigenvalue weighted by Crippen LogP contribution is -2.15. The Labute approximate surface area is 181 Å². The summed E-state index contributed by atoms with van der Waals surface area (Å²) in [4.78, 5) is 4.14. The topological polar surface area (TPSA) is 113 Å². The van der Waals surface area contributed by atoms with Crippen molar-refractivity contribution >= 4 is 38.1 Å². The van der Waals surface area contributed by atoms with Gasteiger partial charge in [-0.05, 0) is 25.0 Å². The first-order valence-corrected chi connectivity index (χ1v) is 11.7. The van der Waals surface area contributed by atoms with Gasteiger partial charge in [0.25, 0.3) is 15.2 Å². The Hall–Kier alpha value is -3.31. The molecule has 0 radical (unpaired) electrons. The molecule has 9 nitrogen and oxygen atoms in total. The average molecular weight is 460 g/mol. The normalized spacial score (nSPS) is 13.5. The number of anilines is 1. The zero-order valence-electron chi connectivity index (χ0n) is 16.3. The first-order chi connectivity index (χ1) is 15.1. The van der Waals surface area contributed by atoms with Crippen molar-refractivity contribution in [1.82, 2.24) is 10.1 Å². The van der Waals surface area contributed by atoms with Crippen LogP contribution >= 0.6 is 11.3 Å². The summed E-state index contributed by atoms with van der Waals surface area (Å²) in [6.45, 7) is 0.493. The minimum absolute atomic E-state index is 0.00726. The monoisotopic (exact) mass is 459 g/mol. The molecule has 5 rings (SSSR count). The van der Waals surface area contributed by atoms with Crippen molar-refractivity contribution in [1.29, 1.82) is 0 Å². The van der Waals surface area contributed by atoms with E-state index in [2.05, 4.69) is 14.9 Å². The Morgan fingerprint density at radius 2 is 2.10 bits per heavy atom. The van der Waals surface area contributed by atoms with Crippen LogP contribution in [0.2, 0.25) is 0 Å². The summed E-state index contributed by atoms with van der Waals surface area (Å²) >= 11 is 1.36. The number of aromatic nitrogens is 2. The van der Waals surface area contributed by atoms with E-state index in [1.807, 2.05) is 5.38 Å². The number of benzene rings is 2. The van der Waals surface area contributed by atoms with Crippen LogP contribution in [0, 0.1) is 0 Å². The molecule has 160 valence electrons. The molecule has 3 heterocycles. The third-order valence-electron chi connectivity index (χ3n) is 4.79. The van der Waals surface area contributed by atoms with Crippen molar-refractivity contribution in [2.75, 3.05) is 18.4 Å². The number of thiazole rings is 1. The minimum atomic E-state index is -3.99. The molecule has 0 saturated heterocycles. The summed E-state index contributed by atoms with van der Waals surface area (Å²) in [5, 5.41) is 6.70. The lowest BCUT2D eigenvalue weighted by atomic mass is 10.0. The van der Waals surface area contributed by atoms with Crippen LogP contribution in [-0.4, -0.2) is 32.3 Å². The third kappa shape index (κ3) is 3.55. The van der Waals surface area contributed by atoms with Gasteiger partial charge in [-0.25, -0.2) is 13.4 Å². The molecule has 0 fully saturated rings. The van der Waals surface area contributed by atoms with Gasteiger partial charge in [-0.2, -0.15) is 0 Å². The van der Waals surface area contributed by atoms with E-state index in [1.54, 1.807) is 30.5 Å². The molecule has 0 atom stereocenters. The lowest BCUT2D eigenvalue weighted by molar-refractivity contribution is 0.288. The highest BCUT2D eigenvalue weighted by Gasteiger charge is 2.28. The van der Waals surface area contributed by atoms with E-state index < -0.39 is 10.0 Å². The number of nitrogens with one attached hydrogen (secondary N) is 1. The molecular formula is C20H17N3O6S2. The van der Waals surface area contributed by atoms with Gasteiger partial charge in [-0.3, -0.25) is 4.72 Å². The maximum absolute atomic E-state index is 13.0. The van der Waals surface area contributed by atoms with Crippen LogP contribution < -0.4 is 18.9 Å². The highest BCUT2D eigenvalue weighted by molar-refractivity contribution is 7.92. The Kier molecular flexibility index (Phi) is 4.91. The van der Waals surface area contributed by atoms with E-state index in [-0.39, 0.29) is 16.5 Å². The minimum Gasteiger partial charge on any atom is -0.495 e. The fourth-order valence-electron chi connectivity index (χ4n) is 3.45. The standard InChI is InChI=1S/C20H17N3O6S2/c1-26-13-6-2-3-7-16(13)31(24,25)23-19-17-15(29-22-19)11-14(28-20-21-8-10-30-20)12-5-4-9-27-18(12)17/h2-3,6-8,10-11H,4-5,9H2,1H3,(H,22,23). The molecule has 0 aliphatic carbocycles. The molecule has 0 unspecified atom stereocenters. The number of hydrogen-bond donors (Lipinski definition) is 1. The van der Waals surface area contributed by atoms with Gasteiger partial charge in [0, 0.05) is 23.2 Å². The molecule has 2 aromatic carbocycles. The number of nitrogens with zero attached hydrogens (tertiary/aromatic N) is 2. The zero-order chi connectivity index (χ0) is 21.4. The van der Waals surface area contributed by atoms with E-state index >= 15 is 0 Å². The molecule has 31 heavy (non-hydrogen) atoms. The molecule has 1 aliphatic rings. The number of ether oxygens (including phenoxy) is 3. The predicted molar refractivity (Wildman–Crippen MR) is 114 cm³/mol. The van der Waals surface area contributed by atoms with E-state index in [0.29, 0.717) is 40.7 Å². The van der Waals surface area contributed by atoms with Gasteiger partial charge in [-0.1, -0.05) is 28.6 Å². The van der Waals surface area contributed by atoms with Crippen molar-refractivity contribution in [2.24, 2.45) is 0 Å². The van der Waals surface area contributed by atoms with Crippen molar-refractivity contribution in [3.05, 3.63) is 47.5 Å². The van der Waals surface area contributed by atoms with Crippen molar-refractivity contribution in [3.8, 4) is 22.4 Å². The van der Waals surface area contributed by atoms with Gasteiger partial charge in [0.2, 0.25) is 0 Å². The molecule has 4 aromatic rings. The molecule has 0 spiro atoms. The first kappa shape index (κ1) is 19.6. The van der Waals surface area contributed by atoms with Gasteiger partial charge >= 0.3 is 0 Å². The van der Waals surface area contributed by atoms with Crippen LogP contribution in [0.25, 0.3) is 11.0 Å². The summed E-state index contributed by atoms with van der Waals surface area (Å²) in [5.41, 5.74) is 1.15. The van der Waals surface area contributed by atoms with E-state index in [0.717, 1.165) is 12.0 Å². The van der Waals surface area contributed by atoms with Crippen LogP contribution in [0.4, 0.5) is 5.82 Å². The second-order valence-electron chi connectivity index (χ2n) is 6.70. The number of para-hydroxylation sites is 1. The van der Waals surface area contributed by atoms with E-state index in [4.69, 9.17) is 18.7 Å². The highest BCUT2D eigenvalue weighted by atomic mass is 32.2. The fraction of sp³-hybridized carbons (Fsp3) is 0.200. The molecule has 11 heteroatoms. The molecule has 2 aromatic heterocycles. The van der Waals surface area contributed by atoms with Gasteiger partial charge in [0.05, 0.1) is 13.7 Å². The van der Waals surface area contributed by atoms with Crippen molar-refractivity contribution in [2.45, 2.75) is 17.7 Å². The SMILES string of the molecule is COc1ccccc1S(=O)(=O)Nc1noc2cc(Oc3nccs3)c3c(c12)OCCC3. The largest absolute Gasteiger partial charge is 0.495 e. The number of methoxy groups -OCH3 is 1. The van der Waals surface area contributed by atoms with Crippen LogP contribution in [0.3, 0.4) is 0 Å². The average Bonchev–Trinajstić information content (AvgIpc) is 3.44. The smallest absolute Gasteiger partial charge is 0.278 e. The summed E-state index contributed by atoms with van der Waals surface area (Å²) in [5.74, 6) is 1.31. The van der Waals surface area contributed by atoms with E-state index in [9.17, 15) is 8.42 Å².